The number of nitrogens with zero attached hydrogens (tertiary/aromatic N) is 1. The van der Waals surface area contributed by atoms with Crippen LogP contribution < -0.4 is 19.1 Å². The molecule has 1 unspecified atom stereocenters. The topological polar surface area (TPSA) is 85.3 Å². The molecular weight excluding hydrogens is 458 g/mol. The van der Waals surface area contributed by atoms with Crippen LogP contribution in [0.15, 0.2) is 78.4 Å². The molecule has 1 atom stereocenters. The maximum atomic E-state index is 13.4. The van der Waals surface area contributed by atoms with Crippen LogP contribution in [0.3, 0.4) is 0 Å². The summed E-state index contributed by atoms with van der Waals surface area (Å²) in [5.41, 5.74) is 1.52. The van der Waals surface area contributed by atoms with Crippen molar-refractivity contribution in [3.8, 4) is 17.2 Å². The van der Waals surface area contributed by atoms with Crippen LogP contribution in [0.4, 0.5) is 5.69 Å². The average Bonchev–Trinajstić information content (AvgIpc) is 3.18. The lowest BCUT2D eigenvalue weighted by Gasteiger charge is -2.26. The number of hydrogen-bond acceptors (Lipinski definition) is 6. The van der Waals surface area contributed by atoms with E-state index in [-0.39, 0.29) is 11.3 Å². The number of anilines is 1. The predicted molar refractivity (Wildman–Crippen MR) is 138 cm³/mol. The molecule has 1 amide bonds. The molecule has 3 aromatic carbocycles. The monoisotopic (exact) mass is 487 g/mol. The van der Waals surface area contributed by atoms with Gasteiger partial charge in [0.2, 0.25) is 0 Å². The van der Waals surface area contributed by atoms with Gasteiger partial charge < -0.3 is 19.3 Å². The van der Waals surface area contributed by atoms with E-state index < -0.39 is 17.7 Å². The van der Waals surface area contributed by atoms with Crippen LogP contribution in [0.25, 0.3) is 5.76 Å². The van der Waals surface area contributed by atoms with E-state index in [0.29, 0.717) is 47.3 Å². The van der Waals surface area contributed by atoms with Crippen molar-refractivity contribution >= 4 is 23.1 Å². The highest BCUT2D eigenvalue weighted by Crippen LogP contribution is 2.43. The second-order valence-corrected chi connectivity index (χ2v) is 8.25. The number of rotatable bonds is 9. The molecule has 1 saturated heterocycles. The summed E-state index contributed by atoms with van der Waals surface area (Å²) in [4.78, 5) is 28.1. The lowest BCUT2D eigenvalue weighted by molar-refractivity contribution is -0.132. The molecule has 36 heavy (non-hydrogen) atoms. The van der Waals surface area contributed by atoms with Crippen LogP contribution in [-0.2, 0) is 9.59 Å². The van der Waals surface area contributed by atoms with Crippen molar-refractivity contribution in [2.24, 2.45) is 0 Å². The molecule has 1 N–H and O–H groups in total. The van der Waals surface area contributed by atoms with Crippen molar-refractivity contribution in [2.75, 3.05) is 25.2 Å². The zero-order valence-electron chi connectivity index (χ0n) is 20.6. The van der Waals surface area contributed by atoms with E-state index >= 15 is 0 Å². The first-order valence-electron chi connectivity index (χ1n) is 11.9. The van der Waals surface area contributed by atoms with E-state index in [1.807, 2.05) is 32.0 Å². The van der Waals surface area contributed by atoms with Crippen LogP contribution in [0.2, 0.25) is 0 Å². The van der Waals surface area contributed by atoms with Gasteiger partial charge in [-0.15, -0.1) is 0 Å². The van der Waals surface area contributed by atoms with E-state index in [1.54, 1.807) is 54.6 Å². The van der Waals surface area contributed by atoms with Crippen molar-refractivity contribution < 1.29 is 28.9 Å². The maximum Gasteiger partial charge on any atom is 0.300 e. The second-order valence-electron chi connectivity index (χ2n) is 8.25. The molecule has 0 bridgehead atoms. The maximum absolute atomic E-state index is 13.4. The smallest absolute Gasteiger partial charge is 0.300 e. The van der Waals surface area contributed by atoms with Gasteiger partial charge >= 0.3 is 0 Å². The van der Waals surface area contributed by atoms with E-state index in [9.17, 15) is 14.7 Å². The highest BCUT2D eigenvalue weighted by Gasteiger charge is 2.47. The number of Topliss-reactive ketones (excluding diaryl/α,β-unsaturated/α-hetero) is 1. The van der Waals surface area contributed by atoms with Gasteiger partial charge in [-0.2, -0.15) is 0 Å². The zero-order valence-corrected chi connectivity index (χ0v) is 20.6. The molecule has 1 heterocycles. The number of carbonyl (C=O) groups is 2. The van der Waals surface area contributed by atoms with Crippen LogP contribution in [0, 0.1) is 0 Å². The molecule has 7 nitrogen and oxygen atoms in total. The third-order valence-electron chi connectivity index (χ3n) is 5.86. The molecule has 0 spiro atoms. The Bertz CT molecular complexity index is 1280. The van der Waals surface area contributed by atoms with Crippen molar-refractivity contribution in [3.05, 3.63) is 89.5 Å². The zero-order chi connectivity index (χ0) is 25.7. The summed E-state index contributed by atoms with van der Waals surface area (Å²) in [6.07, 6.45) is 0.838. The summed E-state index contributed by atoms with van der Waals surface area (Å²) in [6, 6.07) is 20.1. The summed E-state index contributed by atoms with van der Waals surface area (Å²) in [7, 11) is 1.53. The molecule has 0 saturated carbocycles. The number of methoxy groups -OCH3 is 1. The Morgan fingerprint density at radius 3 is 2.31 bits per heavy atom. The van der Waals surface area contributed by atoms with Gasteiger partial charge in [0.1, 0.15) is 23.0 Å². The number of carbonyl (C=O) groups excluding carboxylic acids is 2. The lowest BCUT2D eigenvalue weighted by atomic mass is 9.95. The normalized spacial score (nSPS) is 16.8. The van der Waals surface area contributed by atoms with Crippen molar-refractivity contribution in [3.63, 3.8) is 0 Å². The molecule has 7 heteroatoms. The Labute approximate surface area is 210 Å². The summed E-state index contributed by atoms with van der Waals surface area (Å²) in [5.74, 6) is 0.0379. The fourth-order valence-corrected chi connectivity index (χ4v) is 4.20. The van der Waals surface area contributed by atoms with Gasteiger partial charge in [0.15, 0.2) is 0 Å². The molecule has 3 aromatic rings. The van der Waals surface area contributed by atoms with Crippen LogP contribution in [0.5, 0.6) is 17.2 Å². The predicted octanol–water partition coefficient (Wildman–Crippen LogP) is 5.51. The molecule has 1 aliphatic heterocycles. The van der Waals surface area contributed by atoms with Crippen molar-refractivity contribution in [2.45, 2.75) is 26.3 Å². The number of ether oxygens (including phenoxy) is 3. The number of amides is 1. The standard InChI is InChI=1S/C29H29NO6/c1-4-16-36-24-11-6-8-20(17-24)26-25(27(31)19-12-14-22(15-13-19)35-5-2)28(32)29(33)30(26)21-9-7-10-23(18-21)34-3/h6-15,17-18,26,31H,4-5,16H2,1-3H3/b27-25+. The SMILES string of the molecule is CCCOc1cccc(C2/C(=C(\O)c3ccc(OCC)cc3)C(=O)C(=O)N2c2cccc(OC)c2)c1. The van der Waals surface area contributed by atoms with E-state index in [4.69, 9.17) is 14.2 Å². The van der Waals surface area contributed by atoms with Gasteiger partial charge in [-0.1, -0.05) is 25.1 Å². The minimum Gasteiger partial charge on any atom is -0.507 e. The lowest BCUT2D eigenvalue weighted by Crippen LogP contribution is -2.29. The second kappa shape index (κ2) is 11.0. The van der Waals surface area contributed by atoms with Crippen LogP contribution in [-0.4, -0.2) is 37.1 Å². The fourth-order valence-electron chi connectivity index (χ4n) is 4.20. The Balaban J connectivity index is 1.88. The molecule has 1 fully saturated rings. The summed E-state index contributed by atoms with van der Waals surface area (Å²) >= 11 is 0. The minimum atomic E-state index is -0.867. The van der Waals surface area contributed by atoms with Crippen molar-refractivity contribution in [1.82, 2.24) is 0 Å². The first-order valence-corrected chi connectivity index (χ1v) is 11.9. The van der Waals surface area contributed by atoms with Crippen LogP contribution in [0.1, 0.15) is 37.4 Å². The van der Waals surface area contributed by atoms with E-state index in [1.165, 1.54) is 12.0 Å². The number of aliphatic hydroxyl groups excluding tert-OH is 1. The number of ketones is 1. The van der Waals surface area contributed by atoms with Gasteiger partial charge in [0.05, 0.1) is 31.9 Å². The number of aliphatic hydroxyl groups is 1. The summed E-state index contributed by atoms with van der Waals surface area (Å²) in [6.45, 7) is 4.93. The molecule has 0 aliphatic carbocycles. The number of hydrogen-bond donors (Lipinski definition) is 1. The molecule has 0 radical (unpaired) electrons. The third kappa shape index (κ3) is 4.91. The first kappa shape index (κ1) is 24.9. The molecule has 0 aromatic heterocycles. The Kier molecular flexibility index (Phi) is 7.59. The fraction of sp³-hybridized carbons (Fsp3) is 0.241. The molecular formula is C29H29NO6. The Morgan fingerprint density at radius 2 is 1.61 bits per heavy atom. The molecule has 4 rings (SSSR count). The summed E-state index contributed by atoms with van der Waals surface area (Å²) in [5, 5.41) is 11.3. The van der Waals surface area contributed by atoms with Gasteiger partial charge in [-0.05, 0) is 67.4 Å². The van der Waals surface area contributed by atoms with Gasteiger partial charge in [0, 0.05) is 17.3 Å². The third-order valence-corrected chi connectivity index (χ3v) is 5.86. The van der Waals surface area contributed by atoms with Gasteiger partial charge in [0.25, 0.3) is 11.7 Å². The quantitative estimate of drug-likeness (QED) is 0.243. The van der Waals surface area contributed by atoms with E-state index in [2.05, 4.69) is 0 Å². The highest BCUT2D eigenvalue weighted by atomic mass is 16.5. The highest BCUT2D eigenvalue weighted by molar-refractivity contribution is 6.51. The van der Waals surface area contributed by atoms with Gasteiger partial charge in [-0.3, -0.25) is 14.5 Å². The number of benzene rings is 3. The Morgan fingerprint density at radius 1 is 0.889 bits per heavy atom. The van der Waals surface area contributed by atoms with Crippen LogP contribution >= 0.6 is 0 Å². The minimum absolute atomic E-state index is 0.000351. The molecule has 1 aliphatic rings. The van der Waals surface area contributed by atoms with E-state index in [0.717, 1.165) is 6.42 Å². The summed E-state index contributed by atoms with van der Waals surface area (Å²) < 4.78 is 16.6. The van der Waals surface area contributed by atoms with Crippen molar-refractivity contribution in [1.29, 1.82) is 0 Å². The first-order chi connectivity index (χ1) is 17.5. The average molecular weight is 488 g/mol. The van der Waals surface area contributed by atoms with Gasteiger partial charge in [-0.25, -0.2) is 0 Å². The molecule has 186 valence electrons. The largest absolute Gasteiger partial charge is 0.507 e. The Hall–Kier alpha value is -4.26.